The minimum atomic E-state index is -0.453. The van der Waals surface area contributed by atoms with Crippen LogP contribution in [0.5, 0.6) is 0 Å². The molecule has 1 fully saturated rings. The second-order valence-electron chi connectivity index (χ2n) is 6.82. The molecule has 158 valence electrons. The van der Waals surface area contributed by atoms with Crippen molar-refractivity contribution >= 4 is 29.1 Å². The first-order chi connectivity index (χ1) is 14.6. The number of carbonyl (C=O) groups excluding carboxylic acids is 3. The average Bonchev–Trinajstić information content (AvgIpc) is 3.29. The van der Waals surface area contributed by atoms with Crippen molar-refractivity contribution in [1.82, 2.24) is 5.32 Å². The van der Waals surface area contributed by atoms with Crippen molar-refractivity contribution in [3.63, 3.8) is 0 Å². The highest BCUT2D eigenvalue weighted by atomic mass is 16.5. The van der Waals surface area contributed by atoms with E-state index in [1.807, 2.05) is 0 Å². The molecule has 0 radical (unpaired) electrons. The molecule has 1 saturated heterocycles. The van der Waals surface area contributed by atoms with E-state index in [0.29, 0.717) is 48.7 Å². The molecular weight excluding hydrogens is 386 g/mol. The number of benzene rings is 2. The van der Waals surface area contributed by atoms with Gasteiger partial charge < -0.3 is 25.4 Å². The Balaban J connectivity index is 1.67. The number of anilines is 2. The van der Waals surface area contributed by atoms with Crippen LogP contribution in [0.15, 0.2) is 48.5 Å². The number of amides is 3. The molecule has 0 saturated carbocycles. The lowest BCUT2D eigenvalue weighted by Gasteiger charge is -2.13. The van der Waals surface area contributed by atoms with Gasteiger partial charge in [0.05, 0.1) is 17.9 Å². The Kier molecular flexibility index (Phi) is 7.53. The molecule has 1 aliphatic rings. The lowest BCUT2D eigenvalue weighted by atomic mass is 10.1. The summed E-state index contributed by atoms with van der Waals surface area (Å²) in [6.07, 6.45) is 1.10. The molecule has 2 aromatic carbocycles. The lowest BCUT2D eigenvalue weighted by molar-refractivity contribution is -0.124. The number of hydrogen-bond donors (Lipinski definition) is 3. The van der Waals surface area contributed by atoms with Crippen LogP contribution in [0.3, 0.4) is 0 Å². The van der Waals surface area contributed by atoms with Crippen molar-refractivity contribution in [2.75, 3.05) is 37.5 Å². The predicted octanol–water partition coefficient (Wildman–Crippen LogP) is 2.43. The molecule has 0 aromatic heterocycles. The molecule has 1 aliphatic heterocycles. The SMILES string of the molecule is COCCNC(=O)c1ccccc1NC(=O)c1cccc(NC(=O)C2CCCO2)c1. The first-order valence-corrected chi connectivity index (χ1v) is 9.78. The zero-order valence-electron chi connectivity index (χ0n) is 16.8. The topological polar surface area (TPSA) is 106 Å². The van der Waals surface area contributed by atoms with Crippen LogP contribution in [-0.2, 0) is 14.3 Å². The maximum atomic E-state index is 12.7. The highest BCUT2D eigenvalue weighted by Crippen LogP contribution is 2.19. The number of hydrogen-bond acceptors (Lipinski definition) is 5. The monoisotopic (exact) mass is 411 g/mol. The Morgan fingerprint density at radius 2 is 1.90 bits per heavy atom. The van der Waals surface area contributed by atoms with Crippen LogP contribution in [0, 0.1) is 0 Å². The van der Waals surface area contributed by atoms with Crippen molar-refractivity contribution in [2.24, 2.45) is 0 Å². The Labute approximate surface area is 174 Å². The number of rotatable bonds is 8. The zero-order valence-corrected chi connectivity index (χ0v) is 16.8. The molecule has 0 bridgehead atoms. The Bertz CT molecular complexity index is 909. The second kappa shape index (κ2) is 10.5. The second-order valence-corrected chi connectivity index (χ2v) is 6.82. The summed E-state index contributed by atoms with van der Waals surface area (Å²) in [5, 5.41) is 8.28. The smallest absolute Gasteiger partial charge is 0.255 e. The summed E-state index contributed by atoms with van der Waals surface area (Å²) in [5.41, 5.74) is 1.61. The van der Waals surface area contributed by atoms with Crippen molar-refractivity contribution in [3.8, 4) is 0 Å². The summed E-state index contributed by atoms with van der Waals surface area (Å²) in [6, 6.07) is 13.4. The lowest BCUT2D eigenvalue weighted by Crippen LogP contribution is -2.28. The van der Waals surface area contributed by atoms with Gasteiger partial charge in [-0.05, 0) is 43.2 Å². The molecule has 3 rings (SSSR count). The first-order valence-electron chi connectivity index (χ1n) is 9.78. The highest BCUT2D eigenvalue weighted by molar-refractivity contribution is 6.09. The molecule has 30 heavy (non-hydrogen) atoms. The van der Waals surface area contributed by atoms with Crippen LogP contribution in [0.2, 0.25) is 0 Å². The molecule has 1 atom stereocenters. The molecule has 3 amide bonds. The van der Waals surface area contributed by atoms with Gasteiger partial charge in [0.15, 0.2) is 0 Å². The molecular formula is C22H25N3O5. The van der Waals surface area contributed by atoms with Gasteiger partial charge in [0.1, 0.15) is 6.10 Å². The van der Waals surface area contributed by atoms with Gasteiger partial charge in [0.2, 0.25) is 0 Å². The number of carbonyl (C=O) groups is 3. The first kappa shape index (κ1) is 21.5. The van der Waals surface area contributed by atoms with E-state index in [0.717, 1.165) is 6.42 Å². The summed E-state index contributed by atoms with van der Waals surface area (Å²) in [4.78, 5) is 37.4. The molecule has 2 aromatic rings. The van der Waals surface area contributed by atoms with Gasteiger partial charge in [-0.2, -0.15) is 0 Å². The zero-order chi connectivity index (χ0) is 21.3. The molecule has 0 aliphatic carbocycles. The fraction of sp³-hybridized carbons (Fsp3) is 0.318. The summed E-state index contributed by atoms with van der Waals surface area (Å²) < 4.78 is 10.3. The molecule has 3 N–H and O–H groups in total. The third-order valence-electron chi connectivity index (χ3n) is 4.63. The van der Waals surface area contributed by atoms with Crippen molar-refractivity contribution < 1.29 is 23.9 Å². The maximum absolute atomic E-state index is 12.7. The highest BCUT2D eigenvalue weighted by Gasteiger charge is 2.23. The average molecular weight is 411 g/mol. The van der Waals surface area contributed by atoms with E-state index in [2.05, 4.69) is 16.0 Å². The minimum absolute atomic E-state index is 0.219. The number of methoxy groups -OCH3 is 1. The third kappa shape index (κ3) is 5.65. The van der Waals surface area contributed by atoms with Crippen LogP contribution < -0.4 is 16.0 Å². The van der Waals surface area contributed by atoms with Gasteiger partial charge in [-0.15, -0.1) is 0 Å². The van der Waals surface area contributed by atoms with E-state index in [9.17, 15) is 14.4 Å². The Morgan fingerprint density at radius 1 is 1.07 bits per heavy atom. The maximum Gasteiger partial charge on any atom is 0.255 e. The standard InChI is InChI=1S/C22H25N3O5/c1-29-13-11-23-21(27)17-8-2-3-9-18(17)25-20(26)15-6-4-7-16(14-15)24-22(28)19-10-5-12-30-19/h2-4,6-9,14,19H,5,10-13H2,1H3,(H,23,27)(H,24,28)(H,25,26). The van der Waals surface area contributed by atoms with Crippen molar-refractivity contribution in [3.05, 3.63) is 59.7 Å². The van der Waals surface area contributed by atoms with Crippen LogP contribution in [0.25, 0.3) is 0 Å². The molecule has 1 unspecified atom stereocenters. The Hall–Kier alpha value is -3.23. The van der Waals surface area contributed by atoms with Crippen LogP contribution in [-0.4, -0.2) is 50.7 Å². The van der Waals surface area contributed by atoms with Crippen LogP contribution >= 0.6 is 0 Å². The van der Waals surface area contributed by atoms with Crippen LogP contribution in [0.1, 0.15) is 33.6 Å². The molecule has 1 heterocycles. The predicted molar refractivity (Wildman–Crippen MR) is 113 cm³/mol. The number of nitrogens with one attached hydrogen (secondary N) is 3. The van der Waals surface area contributed by atoms with Crippen molar-refractivity contribution in [1.29, 1.82) is 0 Å². The van der Waals surface area contributed by atoms with Crippen molar-refractivity contribution in [2.45, 2.75) is 18.9 Å². The van der Waals surface area contributed by atoms with E-state index in [1.54, 1.807) is 55.6 Å². The Morgan fingerprint density at radius 3 is 2.67 bits per heavy atom. The van der Waals surface area contributed by atoms with E-state index in [-0.39, 0.29) is 17.7 Å². The summed E-state index contributed by atoms with van der Waals surface area (Å²) >= 11 is 0. The summed E-state index contributed by atoms with van der Waals surface area (Å²) in [5.74, 6) is -0.913. The molecule has 8 heteroatoms. The minimum Gasteiger partial charge on any atom is -0.383 e. The van der Waals surface area contributed by atoms with Gasteiger partial charge in [-0.3, -0.25) is 14.4 Å². The van der Waals surface area contributed by atoms with Gasteiger partial charge in [0.25, 0.3) is 17.7 Å². The van der Waals surface area contributed by atoms with E-state index in [1.165, 1.54) is 0 Å². The quantitative estimate of drug-likeness (QED) is 0.579. The van der Waals surface area contributed by atoms with Gasteiger partial charge in [-0.1, -0.05) is 18.2 Å². The molecule has 8 nitrogen and oxygen atoms in total. The normalized spacial score (nSPS) is 15.4. The fourth-order valence-electron chi connectivity index (χ4n) is 3.09. The fourth-order valence-corrected chi connectivity index (χ4v) is 3.09. The van der Waals surface area contributed by atoms with Crippen LogP contribution in [0.4, 0.5) is 11.4 Å². The van der Waals surface area contributed by atoms with E-state index < -0.39 is 6.10 Å². The number of ether oxygens (including phenoxy) is 2. The largest absolute Gasteiger partial charge is 0.383 e. The third-order valence-corrected chi connectivity index (χ3v) is 4.63. The summed E-state index contributed by atoms with van der Waals surface area (Å²) in [6.45, 7) is 1.34. The van der Waals surface area contributed by atoms with E-state index in [4.69, 9.17) is 9.47 Å². The number of para-hydroxylation sites is 1. The molecule has 0 spiro atoms. The van der Waals surface area contributed by atoms with Gasteiger partial charge in [0, 0.05) is 31.5 Å². The summed E-state index contributed by atoms with van der Waals surface area (Å²) in [7, 11) is 1.55. The van der Waals surface area contributed by atoms with Gasteiger partial charge >= 0.3 is 0 Å². The van der Waals surface area contributed by atoms with Gasteiger partial charge in [-0.25, -0.2) is 0 Å². The van der Waals surface area contributed by atoms with E-state index >= 15 is 0 Å².